The number of urea groups is 1. The summed E-state index contributed by atoms with van der Waals surface area (Å²) in [4.78, 5) is 35.3. The lowest BCUT2D eigenvalue weighted by molar-refractivity contribution is -0.125. The number of hydrogen-bond acceptors (Lipinski definition) is 4. The van der Waals surface area contributed by atoms with Crippen LogP contribution < -0.4 is 21.3 Å². The Labute approximate surface area is 179 Å². The molecule has 0 saturated carbocycles. The average Bonchev–Trinajstić information content (AvgIpc) is 3.20. The van der Waals surface area contributed by atoms with Crippen LogP contribution in [-0.2, 0) is 9.59 Å². The van der Waals surface area contributed by atoms with Crippen molar-refractivity contribution in [2.75, 3.05) is 18.8 Å². The van der Waals surface area contributed by atoms with Crippen molar-refractivity contribution >= 4 is 29.6 Å². The Kier molecular flexibility index (Phi) is 10.1. The minimum absolute atomic E-state index is 0.0469. The molecule has 0 unspecified atom stereocenters. The lowest BCUT2D eigenvalue weighted by Crippen LogP contribution is -2.36. The van der Waals surface area contributed by atoms with E-state index in [0.29, 0.717) is 30.7 Å². The minimum atomic E-state index is -0.0469. The molecule has 0 spiro atoms. The van der Waals surface area contributed by atoms with Gasteiger partial charge in [-0.05, 0) is 38.0 Å². The van der Waals surface area contributed by atoms with Gasteiger partial charge in [-0.15, -0.1) is 0 Å². The van der Waals surface area contributed by atoms with E-state index in [2.05, 4.69) is 35.1 Å². The van der Waals surface area contributed by atoms with Gasteiger partial charge in [-0.2, -0.15) is 11.8 Å². The minimum Gasteiger partial charge on any atom is -0.356 e. The zero-order valence-corrected chi connectivity index (χ0v) is 18.9. The van der Waals surface area contributed by atoms with Crippen LogP contribution in [0.15, 0.2) is 0 Å². The van der Waals surface area contributed by atoms with Crippen LogP contribution in [0.1, 0.15) is 65.7 Å². The second-order valence-electron chi connectivity index (χ2n) is 8.75. The smallest absolute Gasteiger partial charge is 0.315 e. The quantitative estimate of drug-likeness (QED) is 0.268. The maximum Gasteiger partial charge on any atom is 0.315 e. The van der Waals surface area contributed by atoms with Gasteiger partial charge in [0, 0.05) is 36.4 Å². The van der Waals surface area contributed by atoms with E-state index in [-0.39, 0.29) is 35.8 Å². The van der Waals surface area contributed by atoms with E-state index < -0.39 is 0 Å². The predicted octanol–water partition coefficient (Wildman–Crippen LogP) is 2.41. The van der Waals surface area contributed by atoms with Crippen LogP contribution in [0.3, 0.4) is 0 Å². The van der Waals surface area contributed by atoms with Crippen LogP contribution in [-0.4, -0.2) is 54.0 Å². The topological polar surface area (TPSA) is 99.3 Å². The molecule has 0 aliphatic carbocycles. The maximum absolute atomic E-state index is 11.9. The molecule has 2 heterocycles. The fourth-order valence-corrected chi connectivity index (χ4v) is 5.58. The van der Waals surface area contributed by atoms with Crippen LogP contribution in [0, 0.1) is 11.8 Å². The van der Waals surface area contributed by atoms with Gasteiger partial charge in [0.25, 0.3) is 0 Å². The molecule has 166 valence electrons. The first-order chi connectivity index (χ1) is 13.9. The van der Waals surface area contributed by atoms with Crippen molar-refractivity contribution in [3.05, 3.63) is 0 Å². The molecule has 2 saturated heterocycles. The highest BCUT2D eigenvalue weighted by Gasteiger charge is 2.42. The molecule has 0 aromatic carbocycles. The number of hydrogen-bond donors (Lipinski definition) is 4. The summed E-state index contributed by atoms with van der Waals surface area (Å²) in [5, 5.41) is 12.4. The van der Waals surface area contributed by atoms with Crippen LogP contribution >= 0.6 is 11.8 Å². The van der Waals surface area contributed by atoms with Crippen LogP contribution in [0.2, 0.25) is 0 Å². The normalized spacial score (nSPS) is 24.0. The second-order valence-corrected chi connectivity index (χ2v) is 10.0. The third-order valence-corrected chi connectivity index (χ3v) is 7.09. The number of rotatable bonds is 13. The molecule has 2 fully saturated rings. The Hall–Kier alpha value is -1.44. The van der Waals surface area contributed by atoms with E-state index in [4.69, 9.17) is 0 Å². The molecular weight excluding hydrogens is 388 g/mol. The molecular formula is C21H38N4O3S. The SMILES string of the molecule is CC(C)C[C@H](C)C(=O)NCCCCNC(=O)CCCC[C@@H]1SC[C@@H]2NC(=O)N[C@@H]21. The summed E-state index contributed by atoms with van der Waals surface area (Å²) in [6, 6.07) is 0.466. The van der Waals surface area contributed by atoms with Crippen molar-refractivity contribution in [1.82, 2.24) is 21.3 Å². The van der Waals surface area contributed by atoms with Crippen LogP contribution in [0.4, 0.5) is 4.79 Å². The highest BCUT2D eigenvalue weighted by Crippen LogP contribution is 2.33. The molecule has 4 atom stereocenters. The first-order valence-electron chi connectivity index (χ1n) is 11.1. The molecule has 4 amide bonds. The van der Waals surface area contributed by atoms with E-state index in [1.54, 1.807) is 0 Å². The number of thioether (sulfide) groups is 1. The van der Waals surface area contributed by atoms with E-state index in [1.807, 2.05) is 18.7 Å². The summed E-state index contributed by atoms with van der Waals surface area (Å²) in [5.74, 6) is 1.80. The molecule has 2 rings (SSSR count). The second kappa shape index (κ2) is 12.3. The largest absolute Gasteiger partial charge is 0.356 e. The Balaban J connectivity index is 1.42. The fourth-order valence-electron chi connectivity index (χ4n) is 4.04. The standard InChI is InChI=1S/C21H38N4O3S/c1-14(2)12-15(3)20(27)23-11-7-6-10-22-18(26)9-5-4-8-17-19-16(13-29-17)24-21(28)25-19/h14-17,19H,4-13H2,1-3H3,(H,22,26)(H,23,27)(H2,24,25,28)/t15-,16-,17-,19-/m0/s1. The highest BCUT2D eigenvalue weighted by molar-refractivity contribution is 8.00. The van der Waals surface area contributed by atoms with Crippen molar-refractivity contribution in [3.8, 4) is 0 Å². The van der Waals surface area contributed by atoms with E-state index in [9.17, 15) is 14.4 Å². The zero-order chi connectivity index (χ0) is 21.2. The summed E-state index contributed by atoms with van der Waals surface area (Å²) in [5.41, 5.74) is 0. The van der Waals surface area contributed by atoms with Crippen molar-refractivity contribution in [2.24, 2.45) is 11.8 Å². The molecule has 8 heteroatoms. The van der Waals surface area contributed by atoms with Gasteiger partial charge in [0.2, 0.25) is 11.8 Å². The Morgan fingerprint density at radius 3 is 2.52 bits per heavy atom. The summed E-state index contributed by atoms with van der Waals surface area (Å²) in [6.07, 6.45) is 6.14. The zero-order valence-electron chi connectivity index (χ0n) is 18.1. The van der Waals surface area contributed by atoms with Crippen molar-refractivity contribution in [1.29, 1.82) is 0 Å². The number of fused-ring (bicyclic) bond motifs is 1. The van der Waals surface area contributed by atoms with Gasteiger partial charge in [0.1, 0.15) is 0 Å². The number of carbonyl (C=O) groups excluding carboxylic acids is 3. The molecule has 29 heavy (non-hydrogen) atoms. The first kappa shape index (κ1) is 23.8. The number of unbranched alkanes of at least 4 members (excludes halogenated alkanes) is 2. The fraction of sp³-hybridized carbons (Fsp3) is 0.857. The lowest BCUT2D eigenvalue weighted by Gasteiger charge is -2.16. The Morgan fingerprint density at radius 1 is 1.07 bits per heavy atom. The van der Waals surface area contributed by atoms with Crippen LogP contribution in [0.5, 0.6) is 0 Å². The maximum atomic E-state index is 11.9. The van der Waals surface area contributed by atoms with E-state index >= 15 is 0 Å². The molecule has 0 radical (unpaired) electrons. The first-order valence-corrected chi connectivity index (χ1v) is 12.1. The highest BCUT2D eigenvalue weighted by atomic mass is 32.2. The van der Waals surface area contributed by atoms with Crippen LogP contribution in [0.25, 0.3) is 0 Å². The molecule has 2 aliphatic rings. The van der Waals surface area contributed by atoms with Gasteiger partial charge < -0.3 is 21.3 Å². The van der Waals surface area contributed by atoms with Crippen molar-refractivity contribution in [3.63, 3.8) is 0 Å². The van der Waals surface area contributed by atoms with Crippen molar-refractivity contribution in [2.45, 2.75) is 83.1 Å². The van der Waals surface area contributed by atoms with Crippen molar-refractivity contribution < 1.29 is 14.4 Å². The van der Waals surface area contributed by atoms with Gasteiger partial charge >= 0.3 is 6.03 Å². The lowest BCUT2D eigenvalue weighted by atomic mass is 9.98. The van der Waals surface area contributed by atoms with Gasteiger partial charge in [-0.1, -0.05) is 27.2 Å². The van der Waals surface area contributed by atoms with E-state index in [0.717, 1.165) is 44.3 Å². The Morgan fingerprint density at radius 2 is 1.79 bits per heavy atom. The Bertz CT molecular complexity index is 558. The van der Waals surface area contributed by atoms with E-state index in [1.165, 1.54) is 0 Å². The third kappa shape index (κ3) is 8.44. The average molecular weight is 427 g/mol. The van der Waals surface area contributed by atoms with Gasteiger partial charge in [0.15, 0.2) is 0 Å². The summed E-state index contributed by atoms with van der Waals surface area (Å²) >= 11 is 1.92. The summed E-state index contributed by atoms with van der Waals surface area (Å²) in [6.45, 7) is 7.56. The predicted molar refractivity (Wildman–Crippen MR) is 118 cm³/mol. The molecule has 2 aliphatic heterocycles. The molecule has 0 bridgehead atoms. The number of amides is 4. The van der Waals surface area contributed by atoms with Gasteiger partial charge in [0.05, 0.1) is 12.1 Å². The monoisotopic (exact) mass is 426 g/mol. The third-order valence-electron chi connectivity index (χ3n) is 5.58. The molecule has 0 aromatic heterocycles. The summed E-state index contributed by atoms with van der Waals surface area (Å²) < 4.78 is 0. The number of nitrogens with one attached hydrogen (secondary N) is 4. The molecule has 0 aromatic rings. The summed E-state index contributed by atoms with van der Waals surface area (Å²) in [7, 11) is 0. The van der Waals surface area contributed by atoms with Gasteiger partial charge in [-0.3, -0.25) is 9.59 Å². The number of carbonyl (C=O) groups is 3. The molecule has 4 N–H and O–H groups in total. The van der Waals surface area contributed by atoms with Gasteiger partial charge in [-0.25, -0.2) is 4.79 Å². The molecule has 7 nitrogen and oxygen atoms in total.